The Labute approximate surface area is 319 Å². The van der Waals surface area contributed by atoms with Gasteiger partial charge in [-0.05, 0) is 80.9 Å². The predicted octanol–water partition coefficient (Wildman–Crippen LogP) is 14.0. The van der Waals surface area contributed by atoms with Gasteiger partial charge in [-0.15, -0.1) is 0 Å². The Hall–Kier alpha value is -7.36. The second-order valence-corrected chi connectivity index (χ2v) is 13.8. The summed E-state index contributed by atoms with van der Waals surface area (Å²) in [4.78, 5) is 10.1. The number of hydrogen-bond acceptors (Lipinski definition) is 3. The molecular formula is C52H34N2O. The minimum Gasteiger partial charge on any atom is -0.456 e. The highest BCUT2D eigenvalue weighted by Crippen LogP contribution is 2.45. The molecule has 0 aliphatic rings. The highest BCUT2D eigenvalue weighted by molar-refractivity contribution is 6.07. The van der Waals surface area contributed by atoms with Gasteiger partial charge in [-0.3, -0.25) is 0 Å². The van der Waals surface area contributed by atoms with Gasteiger partial charge in [0, 0.05) is 27.5 Å². The normalized spacial score (nSPS) is 11.3. The Morgan fingerprint density at radius 1 is 0.291 bits per heavy atom. The number of aromatic nitrogens is 2. The van der Waals surface area contributed by atoms with Crippen LogP contribution in [-0.4, -0.2) is 9.97 Å². The molecule has 0 saturated carbocycles. The minimum atomic E-state index is 0.704. The minimum absolute atomic E-state index is 0.704. The number of hydrogen-bond donors (Lipinski definition) is 0. The average molecular weight is 703 g/mol. The van der Waals surface area contributed by atoms with Crippen LogP contribution >= 0.6 is 0 Å². The molecule has 258 valence electrons. The number of benzene rings is 8. The molecule has 2 aromatic heterocycles. The van der Waals surface area contributed by atoms with Gasteiger partial charge < -0.3 is 4.42 Å². The molecule has 0 amide bonds. The van der Waals surface area contributed by atoms with Crippen molar-refractivity contribution in [1.82, 2.24) is 9.97 Å². The first-order valence-corrected chi connectivity index (χ1v) is 18.6. The van der Waals surface area contributed by atoms with E-state index in [0.29, 0.717) is 5.82 Å². The standard InChI is InChI=1S/C52H34N2O/c1-5-15-35(16-6-1)42-32-44(51(39-19-9-3-10-20-39)45(33-42)41-29-30-50-46(31-41)43-23-13-14-24-49(43)55-50)36-25-27-38(28-26-36)48-34-47(37-17-7-2-8-18-37)53-52(54-48)40-21-11-4-12-22-40/h1-34H. The lowest BCUT2D eigenvalue weighted by atomic mass is 9.84. The molecule has 3 nitrogen and oxygen atoms in total. The fourth-order valence-corrected chi connectivity index (χ4v) is 7.59. The van der Waals surface area contributed by atoms with Crippen LogP contribution in [0, 0.1) is 0 Å². The highest BCUT2D eigenvalue weighted by Gasteiger charge is 2.19. The number of para-hydroxylation sites is 1. The van der Waals surface area contributed by atoms with Gasteiger partial charge >= 0.3 is 0 Å². The summed E-state index contributed by atoms with van der Waals surface area (Å²) < 4.78 is 6.25. The molecule has 0 fully saturated rings. The van der Waals surface area contributed by atoms with E-state index in [1.807, 2.05) is 48.5 Å². The van der Waals surface area contributed by atoms with E-state index in [4.69, 9.17) is 14.4 Å². The first-order chi connectivity index (χ1) is 27.2. The van der Waals surface area contributed by atoms with Crippen LogP contribution < -0.4 is 0 Å². The Morgan fingerprint density at radius 2 is 0.764 bits per heavy atom. The zero-order valence-corrected chi connectivity index (χ0v) is 29.9. The van der Waals surface area contributed by atoms with Gasteiger partial charge in [0.15, 0.2) is 5.82 Å². The second kappa shape index (κ2) is 13.9. The van der Waals surface area contributed by atoms with E-state index < -0.39 is 0 Å². The summed E-state index contributed by atoms with van der Waals surface area (Å²) in [6.07, 6.45) is 0. The molecule has 55 heavy (non-hydrogen) atoms. The van der Waals surface area contributed by atoms with Crippen LogP contribution in [0.15, 0.2) is 211 Å². The topological polar surface area (TPSA) is 38.9 Å². The van der Waals surface area contributed by atoms with Crippen molar-refractivity contribution in [2.75, 3.05) is 0 Å². The fourth-order valence-electron chi connectivity index (χ4n) is 7.59. The Morgan fingerprint density at radius 3 is 1.42 bits per heavy atom. The van der Waals surface area contributed by atoms with Gasteiger partial charge in [0.05, 0.1) is 11.4 Å². The van der Waals surface area contributed by atoms with Crippen molar-refractivity contribution >= 4 is 21.9 Å². The first kappa shape index (κ1) is 32.3. The SMILES string of the molecule is c1ccc(-c2cc(-c3ccc(-c4cc(-c5ccccc5)nc(-c5ccccc5)n4)cc3)c(-c3ccccc3)c(-c3ccc4oc5ccccc5c4c3)c2)cc1. The summed E-state index contributed by atoms with van der Waals surface area (Å²) in [5, 5.41) is 2.23. The lowest BCUT2D eigenvalue weighted by Crippen LogP contribution is -1.96. The largest absolute Gasteiger partial charge is 0.456 e. The molecule has 0 unspecified atom stereocenters. The maximum atomic E-state index is 6.25. The number of nitrogens with zero attached hydrogens (tertiary/aromatic N) is 2. The zero-order valence-electron chi connectivity index (χ0n) is 29.9. The first-order valence-electron chi connectivity index (χ1n) is 18.6. The van der Waals surface area contributed by atoms with Crippen molar-refractivity contribution in [3.05, 3.63) is 206 Å². The summed E-state index contributed by atoms with van der Waals surface area (Å²) in [5.74, 6) is 0.704. The van der Waals surface area contributed by atoms with E-state index in [2.05, 4.69) is 158 Å². The molecule has 8 aromatic carbocycles. The molecule has 0 saturated heterocycles. The molecule has 2 heterocycles. The van der Waals surface area contributed by atoms with Crippen LogP contribution in [0.5, 0.6) is 0 Å². The van der Waals surface area contributed by atoms with E-state index in [-0.39, 0.29) is 0 Å². The Kier molecular flexibility index (Phi) is 8.16. The van der Waals surface area contributed by atoms with Crippen molar-refractivity contribution in [3.63, 3.8) is 0 Å². The van der Waals surface area contributed by atoms with Gasteiger partial charge in [0.25, 0.3) is 0 Å². The van der Waals surface area contributed by atoms with Crippen LogP contribution in [-0.2, 0) is 0 Å². The van der Waals surface area contributed by atoms with Crippen molar-refractivity contribution in [3.8, 4) is 78.4 Å². The lowest BCUT2D eigenvalue weighted by Gasteiger charge is -2.19. The molecule has 0 spiro atoms. The lowest BCUT2D eigenvalue weighted by molar-refractivity contribution is 0.669. The van der Waals surface area contributed by atoms with Gasteiger partial charge in [0.2, 0.25) is 0 Å². The smallest absolute Gasteiger partial charge is 0.160 e. The van der Waals surface area contributed by atoms with Crippen LogP contribution in [0.2, 0.25) is 0 Å². The van der Waals surface area contributed by atoms with Crippen LogP contribution in [0.25, 0.3) is 100 Å². The van der Waals surface area contributed by atoms with Crippen molar-refractivity contribution in [2.24, 2.45) is 0 Å². The van der Waals surface area contributed by atoms with E-state index >= 15 is 0 Å². The molecule has 0 N–H and O–H groups in total. The van der Waals surface area contributed by atoms with Crippen molar-refractivity contribution < 1.29 is 4.42 Å². The zero-order chi connectivity index (χ0) is 36.6. The third kappa shape index (κ3) is 6.18. The van der Waals surface area contributed by atoms with E-state index in [0.717, 1.165) is 83.4 Å². The fraction of sp³-hybridized carbons (Fsp3) is 0. The average Bonchev–Trinajstić information content (AvgIpc) is 3.65. The summed E-state index contributed by atoms with van der Waals surface area (Å²) in [6, 6.07) is 72.4. The third-order valence-corrected chi connectivity index (χ3v) is 10.3. The maximum absolute atomic E-state index is 6.25. The maximum Gasteiger partial charge on any atom is 0.160 e. The molecule has 0 atom stereocenters. The number of rotatable bonds is 7. The van der Waals surface area contributed by atoms with Crippen LogP contribution in [0.3, 0.4) is 0 Å². The van der Waals surface area contributed by atoms with E-state index in [1.54, 1.807) is 0 Å². The van der Waals surface area contributed by atoms with Gasteiger partial charge in [-0.25, -0.2) is 9.97 Å². The van der Waals surface area contributed by atoms with E-state index in [1.165, 1.54) is 11.1 Å². The monoisotopic (exact) mass is 702 g/mol. The molecule has 10 aromatic rings. The number of fused-ring (bicyclic) bond motifs is 3. The van der Waals surface area contributed by atoms with Crippen LogP contribution in [0.4, 0.5) is 0 Å². The number of furan rings is 1. The molecular weight excluding hydrogens is 669 g/mol. The van der Waals surface area contributed by atoms with Crippen molar-refractivity contribution in [1.29, 1.82) is 0 Å². The van der Waals surface area contributed by atoms with Gasteiger partial charge in [0.1, 0.15) is 11.2 Å². The predicted molar refractivity (Wildman–Crippen MR) is 227 cm³/mol. The molecule has 0 aliphatic carbocycles. The van der Waals surface area contributed by atoms with Crippen LogP contribution in [0.1, 0.15) is 0 Å². The summed E-state index contributed by atoms with van der Waals surface area (Å²) in [5.41, 5.74) is 15.8. The quantitative estimate of drug-likeness (QED) is 0.166. The molecule has 10 rings (SSSR count). The third-order valence-electron chi connectivity index (χ3n) is 10.3. The molecule has 0 bridgehead atoms. The molecule has 0 aliphatic heterocycles. The molecule has 0 radical (unpaired) electrons. The second-order valence-electron chi connectivity index (χ2n) is 13.8. The summed E-state index contributed by atoms with van der Waals surface area (Å²) in [6.45, 7) is 0. The Bertz CT molecular complexity index is 2880. The van der Waals surface area contributed by atoms with Crippen molar-refractivity contribution in [2.45, 2.75) is 0 Å². The summed E-state index contributed by atoms with van der Waals surface area (Å²) in [7, 11) is 0. The highest BCUT2D eigenvalue weighted by atomic mass is 16.3. The van der Waals surface area contributed by atoms with Gasteiger partial charge in [-0.2, -0.15) is 0 Å². The molecule has 3 heteroatoms. The summed E-state index contributed by atoms with van der Waals surface area (Å²) >= 11 is 0. The van der Waals surface area contributed by atoms with E-state index in [9.17, 15) is 0 Å². The Balaban J connectivity index is 1.17. The van der Waals surface area contributed by atoms with Gasteiger partial charge in [-0.1, -0.05) is 170 Å².